The van der Waals surface area contributed by atoms with Crippen molar-refractivity contribution in [2.24, 2.45) is 5.92 Å². The Morgan fingerprint density at radius 2 is 2.16 bits per heavy atom. The highest BCUT2D eigenvalue weighted by molar-refractivity contribution is 7.19. The van der Waals surface area contributed by atoms with Crippen molar-refractivity contribution < 1.29 is 0 Å². The highest BCUT2D eigenvalue weighted by Gasteiger charge is 2.18. The van der Waals surface area contributed by atoms with E-state index in [2.05, 4.69) is 39.3 Å². The average Bonchev–Trinajstić information content (AvgIpc) is 2.98. The minimum atomic E-state index is 0.508. The van der Waals surface area contributed by atoms with Crippen LogP contribution in [0, 0.1) is 12.8 Å². The number of aromatic amines is 1. The average molecular weight is 297 g/mol. The normalized spacial score (nSPS) is 11.8. The van der Waals surface area contributed by atoms with E-state index in [9.17, 15) is 0 Å². The van der Waals surface area contributed by atoms with Gasteiger partial charge in [0, 0.05) is 6.42 Å². The van der Waals surface area contributed by atoms with Gasteiger partial charge in [-0.3, -0.25) is 5.10 Å². The van der Waals surface area contributed by atoms with Crippen molar-refractivity contribution in [3.63, 3.8) is 0 Å². The molecule has 1 N–H and O–H groups in total. The van der Waals surface area contributed by atoms with E-state index < -0.39 is 0 Å². The third kappa shape index (κ3) is 2.12. The Morgan fingerprint density at radius 3 is 2.79 bits per heavy atom. The van der Waals surface area contributed by atoms with Crippen LogP contribution in [0.25, 0.3) is 15.7 Å². The smallest absolute Gasteiger partial charge is 0.235 e. The molecule has 3 aromatic rings. The van der Waals surface area contributed by atoms with Crippen LogP contribution in [-0.2, 0) is 6.42 Å². The zero-order valence-corrected chi connectivity index (χ0v) is 12.4. The van der Waals surface area contributed by atoms with Gasteiger partial charge in [-0.25, -0.2) is 0 Å². The number of fused-ring (bicyclic) bond motifs is 1. The summed E-state index contributed by atoms with van der Waals surface area (Å²) in [5.41, 5.74) is 1.51. The van der Waals surface area contributed by atoms with Crippen LogP contribution in [0.1, 0.15) is 25.4 Å². The summed E-state index contributed by atoms with van der Waals surface area (Å²) in [6.07, 6.45) is 0.845. The molecule has 0 amide bonds. The molecule has 0 aliphatic carbocycles. The zero-order chi connectivity index (χ0) is 13.6. The van der Waals surface area contributed by atoms with Crippen molar-refractivity contribution in [1.82, 2.24) is 30.0 Å². The van der Waals surface area contributed by atoms with Gasteiger partial charge in [-0.2, -0.15) is 14.7 Å². The lowest BCUT2D eigenvalue weighted by Gasteiger charge is -1.99. The molecule has 3 aromatic heterocycles. The lowest BCUT2D eigenvalue weighted by molar-refractivity contribution is 0.607. The lowest BCUT2D eigenvalue weighted by Crippen LogP contribution is -2.01. The Hall–Kier alpha value is -1.47. The van der Waals surface area contributed by atoms with E-state index in [1.165, 1.54) is 11.3 Å². The number of halogens is 1. The molecule has 8 heteroatoms. The van der Waals surface area contributed by atoms with E-state index in [1.807, 2.05) is 6.92 Å². The maximum Gasteiger partial charge on any atom is 0.235 e. The summed E-state index contributed by atoms with van der Waals surface area (Å²) in [4.78, 5) is 0.766. The molecule has 0 spiro atoms. The molecule has 3 rings (SSSR count). The van der Waals surface area contributed by atoms with Crippen molar-refractivity contribution in [3.05, 3.63) is 16.5 Å². The van der Waals surface area contributed by atoms with Gasteiger partial charge in [0.25, 0.3) is 0 Å². The summed E-state index contributed by atoms with van der Waals surface area (Å²) < 4.78 is 1.78. The van der Waals surface area contributed by atoms with Gasteiger partial charge >= 0.3 is 0 Å². The first-order valence-corrected chi connectivity index (χ1v) is 7.17. The van der Waals surface area contributed by atoms with Crippen LogP contribution >= 0.6 is 22.9 Å². The van der Waals surface area contributed by atoms with Gasteiger partial charge in [0.2, 0.25) is 4.96 Å². The quantitative estimate of drug-likeness (QED) is 0.806. The first kappa shape index (κ1) is 12.6. The molecule has 0 saturated carbocycles. The molecule has 0 unspecified atom stereocenters. The van der Waals surface area contributed by atoms with Crippen molar-refractivity contribution in [3.8, 4) is 10.7 Å². The summed E-state index contributed by atoms with van der Waals surface area (Å²) in [5, 5.41) is 21.2. The van der Waals surface area contributed by atoms with E-state index in [-0.39, 0.29) is 0 Å². The monoisotopic (exact) mass is 296 g/mol. The fourth-order valence-corrected chi connectivity index (χ4v) is 2.89. The van der Waals surface area contributed by atoms with Crippen LogP contribution in [0.5, 0.6) is 0 Å². The van der Waals surface area contributed by atoms with Crippen molar-refractivity contribution in [1.29, 1.82) is 0 Å². The number of nitrogens with zero attached hydrogens (tertiary/aromatic N) is 5. The number of hydrogen-bond acceptors (Lipinski definition) is 5. The van der Waals surface area contributed by atoms with Crippen LogP contribution in [-0.4, -0.2) is 30.0 Å². The Labute approximate surface area is 118 Å². The Bertz CT molecular complexity index is 725. The molecule has 0 aromatic carbocycles. The summed E-state index contributed by atoms with van der Waals surface area (Å²) in [6.45, 7) is 6.16. The Morgan fingerprint density at radius 1 is 1.37 bits per heavy atom. The van der Waals surface area contributed by atoms with Gasteiger partial charge < -0.3 is 0 Å². The number of rotatable bonds is 3. The van der Waals surface area contributed by atoms with Gasteiger partial charge in [-0.05, 0) is 12.8 Å². The van der Waals surface area contributed by atoms with Crippen molar-refractivity contribution in [2.45, 2.75) is 27.2 Å². The predicted molar refractivity (Wildman–Crippen MR) is 74.5 cm³/mol. The van der Waals surface area contributed by atoms with E-state index in [1.54, 1.807) is 4.52 Å². The number of aryl methyl sites for hydroxylation is 1. The minimum Gasteiger partial charge on any atom is -0.281 e. The fraction of sp³-hybridized carbons (Fsp3) is 0.455. The van der Waals surface area contributed by atoms with Gasteiger partial charge in [-0.1, -0.05) is 36.8 Å². The van der Waals surface area contributed by atoms with Crippen LogP contribution in [0.4, 0.5) is 0 Å². The van der Waals surface area contributed by atoms with Crippen LogP contribution in [0.15, 0.2) is 0 Å². The summed E-state index contributed by atoms with van der Waals surface area (Å²) in [7, 11) is 0. The summed E-state index contributed by atoms with van der Waals surface area (Å²) in [6, 6.07) is 0. The van der Waals surface area contributed by atoms with Crippen LogP contribution in [0.3, 0.4) is 0 Å². The molecule has 0 radical (unpaired) electrons. The second kappa shape index (κ2) is 4.57. The van der Waals surface area contributed by atoms with Crippen LogP contribution in [0.2, 0.25) is 5.02 Å². The molecular formula is C11H13ClN6S. The third-order valence-corrected chi connectivity index (χ3v) is 4.09. The van der Waals surface area contributed by atoms with E-state index in [4.69, 9.17) is 11.6 Å². The first-order valence-electron chi connectivity index (χ1n) is 5.98. The topological polar surface area (TPSA) is 71.8 Å². The maximum atomic E-state index is 6.19. The minimum absolute atomic E-state index is 0.508. The molecule has 0 bridgehead atoms. The third-order valence-electron chi connectivity index (χ3n) is 2.72. The summed E-state index contributed by atoms with van der Waals surface area (Å²) >= 11 is 7.63. The largest absolute Gasteiger partial charge is 0.281 e. The lowest BCUT2D eigenvalue weighted by atomic mass is 10.1. The SMILES string of the molecule is Cc1[nH]nc(-c2nn3c(CC(C)C)nnc3s2)c1Cl. The van der Waals surface area contributed by atoms with Gasteiger partial charge in [0.05, 0.1) is 10.7 Å². The molecule has 0 aliphatic heterocycles. The molecule has 3 heterocycles. The van der Waals surface area contributed by atoms with Crippen molar-refractivity contribution in [2.75, 3.05) is 0 Å². The molecule has 19 heavy (non-hydrogen) atoms. The van der Waals surface area contributed by atoms with Gasteiger partial charge in [0.15, 0.2) is 10.8 Å². The molecule has 100 valence electrons. The van der Waals surface area contributed by atoms with Gasteiger partial charge in [0.1, 0.15) is 5.69 Å². The zero-order valence-electron chi connectivity index (χ0n) is 10.8. The fourth-order valence-electron chi connectivity index (χ4n) is 1.80. The molecule has 0 fully saturated rings. The number of aromatic nitrogens is 6. The first-order chi connectivity index (χ1) is 9.06. The molecule has 0 aliphatic rings. The summed E-state index contributed by atoms with van der Waals surface area (Å²) in [5.74, 6) is 1.38. The second-order valence-corrected chi connectivity index (χ2v) is 6.16. The maximum absolute atomic E-state index is 6.19. The highest BCUT2D eigenvalue weighted by atomic mass is 35.5. The Kier molecular flexibility index (Phi) is 3.02. The molecule has 0 atom stereocenters. The molecule has 6 nitrogen and oxygen atoms in total. The predicted octanol–water partition coefficient (Wildman–Crippen LogP) is 2.74. The van der Waals surface area contributed by atoms with E-state index in [0.717, 1.165) is 27.9 Å². The van der Waals surface area contributed by atoms with Crippen molar-refractivity contribution >= 4 is 27.9 Å². The molecule has 0 saturated heterocycles. The van der Waals surface area contributed by atoms with E-state index >= 15 is 0 Å². The van der Waals surface area contributed by atoms with Crippen LogP contribution < -0.4 is 0 Å². The number of nitrogens with one attached hydrogen (secondary N) is 1. The van der Waals surface area contributed by atoms with Gasteiger partial charge in [-0.15, -0.1) is 10.2 Å². The highest BCUT2D eigenvalue weighted by Crippen LogP contribution is 2.31. The number of H-pyrrole nitrogens is 1. The Balaban J connectivity index is 2.07. The number of hydrogen-bond donors (Lipinski definition) is 1. The standard InChI is InChI=1S/C11H13ClN6S/c1-5(2)4-7-14-16-11-18(7)17-10(19-11)9-8(12)6(3)13-15-9/h5H,4H2,1-3H3,(H,13,15). The van der Waals surface area contributed by atoms with E-state index in [0.29, 0.717) is 16.6 Å². The molecular weight excluding hydrogens is 284 g/mol. The second-order valence-electron chi connectivity index (χ2n) is 4.83.